The SMILES string of the molecule is c1cc(-c2cc(-c3cccc(-c4cc5ccccc5c5ccccc45)c3)ncn2)cc(-c2cccc3ccccc23)c1.c1ccc(-c2cc(-c3cc(-c4ccc5c6ccccc6c6ccccc6c5c4)cc(-c4ccc5c6ccccc6c6ccccc6c5c4)c3)ncn2)cc1. The van der Waals surface area contributed by atoms with E-state index in [9.17, 15) is 0 Å². The molecule has 0 fully saturated rings. The van der Waals surface area contributed by atoms with E-state index in [2.05, 4.69) is 344 Å². The molecule has 0 aliphatic heterocycles. The van der Waals surface area contributed by atoms with Gasteiger partial charge in [0.2, 0.25) is 0 Å². The number of rotatable bonds is 8. The van der Waals surface area contributed by atoms with Crippen molar-refractivity contribution >= 4 is 97.0 Å². The van der Waals surface area contributed by atoms with Crippen LogP contribution in [0.25, 0.3) is 186 Å². The van der Waals surface area contributed by atoms with Crippen molar-refractivity contribution in [1.29, 1.82) is 0 Å². The van der Waals surface area contributed by atoms with Crippen molar-refractivity contribution in [1.82, 2.24) is 19.9 Å². The third kappa shape index (κ3) is 10.0. The number of hydrogen-bond donors (Lipinski definition) is 0. The van der Waals surface area contributed by atoms with Crippen molar-refractivity contribution in [3.05, 3.63) is 352 Å². The van der Waals surface area contributed by atoms with Gasteiger partial charge in [0.05, 0.1) is 22.8 Å². The second-order valence-electron chi connectivity index (χ2n) is 24.8. The van der Waals surface area contributed by atoms with Crippen LogP contribution in [-0.4, -0.2) is 19.9 Å². The van der Waals surface area contributed by atoms with E-state index >= 15 is 0 Å². The molecule has 0 aliphatic carbocycles. The van der Waals surface area contributed by atoms with Crippen LogP contribution < -0.4 is 0 Å². The topological polar surface area (TPSA) is 51.6 Å². The maximum Gasteiger partial charge on any atom is 0.116 e. The van der Waals surface area contributed by atoms with Crippen LogP contribution in [0.1, 0.15) is 0 Å². The summed E-state index contributed by atoms with van der Waals surface area (Å²) in [4.78, 5) is 18.9. The van der Waals surface area contributed by atoms with Gasteiger partial charge in [-0.3, -0.25) is 0 Å². The summed E-state index contributed by atoms with van der Waals surface area (Å²) in [5, 5.41) is 22.8. The predicted molar refractivity (Wildman–Crippen MR) is 405 cm³/mol. The van der Waals surface area contributed by atoms with Gasteiger partial charge in [0.15, 0.2) is 0 Å². The monoisotopic (exact) mass is 1220 g/mol. The zero-order valence-corrected chi connectivity index (χ0v) is 52.3. The summed E-state index contributed by atoms with van der Waals surface area (Å²) >= 11 is 0. The number of nitrogens with zero attached hydrogens (tertiary/aromatic N) is 4. The van der Waals surface area contributed by atoms with Crippen molar-refractivity contribution in [2.75, 3.05) is 0 Å². The molecule has 0 radical (unpaired) electrons. The lowest BCUT2D eigenvalue weighted by atomic mass is 9.89. The molecule has 446 valence electrons. The Labute approximate surface area is 555 Å². The fraction of sp³-hybridized carbons (Fsp3) is 0. The van der Waals surface area contributed by atoms with Gasteiger partial charge in [0, 0.05) is 22.3 Å². The van der Waals surface area contributed by atoms with E-state index < -0.39 is 0 Å². The van der Waals surface area contributed by atoms with Crippen molar-refractivity contribution in [3.8, 4) is 89.5 Å². The summed E-state index contributed by atoms with van der Waals surface area (Å²) in [5.41, 5.74) is 17.3. The summed E-state index contributed by atoms with van der Waals surface area (Å²) in [5.74, 6) is 0. The summed E-state index contributed by atoms with van der Waals surface area (Å²) in [7, 11) is 0. The van der Waals surface area contributed by atoms with Gasteiger partial charge in [0.25, 0.3) is 0 Å². The number of hydrogen-bond acceptors (Lipinski definition) is 4. The van der Waals surface area contributed by atoms with Gasteiger partial charge in [-0.1, -0.05) is 279 Å². The van der Waals surface area contributed by atoms with Crippen molar-refractivity contribution < 1.29 is 0 Å². The van der Waals surface area contributed by atoms with Crippen LogP contribution in [0.5, 0.6) is 0 Å². The van der Waals surface area contributed by atoms with Gasteiger partial charge in [-0.25, -0.2) is 19.9 Å². The molecule has 0 N–H and O–H groups in total. The third-order valence-corrected chi connectivity index (χ3v) is 19.3. The summed E-state index contributed by atoms with van der Waals surface area (Å²) < 4.78 is 0. The normalized spacial score (nSPS) is 11.5. The van der Waals surface area contributed by atoms with Crippen LogP contribution in [0.2, 0.25) is 0 Å². The Bertz CT molecular complexity index is 6040. The largest absolute Gasteiger partial charge is 0.236 e. The molecule has 4 nitrogen and oxygen atoms in total. The maximum absolute atomic E-state index is 4.84. The van der Waals surface area contributed by atoms with E-state index in [0.717, 1.165) is 56.2 Å². The second kappa shape index (κ2) is 23.7. The Hall–Kier alpha value is -12.8. The standard InChI is InChI=1S/C52H32N2.C40H26N2/c1-2-12-33(13-3-1)51-31-52(54-32-53-51)38-27-36(34-22-24-47-43-18-6-4-14-39(43)41-16-8-10-20-45(41)49(47)29-34)26-37(28-38)35-23-25-48-44-19-7-5-15-40(44)42-17-9-11-21-46(42)50(48)30-35;1-3-17-33-27(10-1)12-9-21-34(33)28-13-7-15-31(22-28)39-25-40(42-26-41-39)32-16-8-14-29(23-32)38-24-30-11-2-4-18-35(30)36-19-5-6-20-37(36)38/h1-32H;1-26H. The van der Waals surface area contributed by atoms with Gasteiger partial charge < -0.3 is 0 Å². The molecule has 0 aliphatic rings. The molecule has 0 spiro atoms. The summed E-state index contributed by atoms with van der Waals surface area (Å²) in [6.07, 6.45) is 3.36. The molecule has 0 saturated heterocycles. The minimum atomic E-state index is 0.890. The number of aromatic nitrogens is 4. The zero-order chi connectivity index (χ0) is 63.5. The molecule has 2 aromatic heterocycles. The molecule has 19 aromatic rings. The molecular formula is C92H58N4. The highest BCUT2D eigenvalue weighted by Crippen LogP contribution is 2.43. The molecular weight excluding hydrogens is 1160 g/mol. The van der Waals surface area contributed by atoms with Crippen molar-refractivity contribution in [2.24, 2.45) is 0 Å². The number of fused-ring (bicyclic) bond motifs is 16. The minimum Gasteiger partial charge on any atom is -0.236 e. The molecule has 0 saturated carbocycles. The first-order valence-electron chi connectivity index (χ1n) is 32.7. The average molecular weight is 1220 g/mol. The minimum absolute atomic E-state index is 0.890. The lowest BCUT2D eigenvalue weighted by Gasteiger charge is -2.15. The van der Waals surface area contributed by atoms with E-state index in [-0.39, 0.29) is 0 Å². The van der Waals surface area contributed by atoms with Gasteiger partial charge in [-0.05, 0) is 202 Å². The fourth-order valence-corrected chi connectivity index (χ4v) is 14.7. The highest BCUT2D eigenvalue weighted by atomic mass is 14.8. The van der Waals surface area contributed by atoms with Crippen LogP contribution in [0.15, 0.2) is 352 Å². The van der Waals surface area contributed by atoms with Crippen LogP contribution in [0.3, 0.4) is 0 Å². The van der Waals surface area contributed by atoms with Gasteiger partial charge in [-0.15, -0.1) is 0 Å². The first-order chi connectivity index (χ1) is 47.6. The van der Waals surface area contributed by atoms with E-state index in [0.29, 0.717) is 0 Å². The van der Waals surface area contributed by atoms with Crippen LogP contribution in [0, 0.1) is 0 Å². The maximum atomic E-state index is 4.84. The van der Waals surface area contributed by atoms with Gasteiger partial charge in [-0.2, -0.15) is 0 Å². The third-order valence-electron chi connectivity index (χ3n) is 19.3. The Kier molecular flexibility index (Phi) is 13.8. The zero-order valence-electron chi connectivity index (χ0n) is 52.3. The van der Waals surface area contributed by atoms with E-state index in [1.807, 2.05) is 6.07 Å². The molecule has 0 atom stereocenters. The van der Waals surface area contributed by atoms with Gasteiger partial charge >= 0.3 is 0 Å². The lowest BCUT2D eigenvalue weighted by molar-refractivity contribution is 1.18. The molecule has 0 bridgehead atoms. The highest BCUT2D eigenvalue weighted by molar-refractivity contribution is 6.27. The van der Waals surface area contributed by atoms with Crippen molar-refractivity contribution in [3.63, 3.8) is 0 Å². The van der Waals surface area contributed by atoms with Crippen LogP contribution in [0.4, 0.5) is 0 Å². The summed E-state index contributed by atoms with van der Waals surface area (Å²) in [6.45, 7) is 0. The Morgan fingerprint density at radius 3 is 0.969 bits per heavy atom. The molecule has 2 heterocycles. The van der Waals surface area contributed by atoms with Crippen LogP contribution in [-0.2, 0) is 0 Å². The van der Waals surface area contributed by atoms with E-state index in [4.69, 9.17) is 9.97 Å². The first-order valence-corrected chi connectivity index (χ1v) is 32.7. The van der Waals surface area contributed by atoms with E-state index in [1.165, 1.54) is 130 Å². The average Bonchev–Trinajstić information content (AvgIpc) is 0.829. The number of benzene rings is 17. The quantitative estimate of drug-likeness (QED) is 0.142. The second-order valence-corrected chi connectivity index (χ2v) is 24.8. The van der Waals surface area contributed by atoms with Crippen molar-refractivity contribution in [2.45, 2.75) is 0 Å². The molecule has 96 heavy (non-hydrogen) atoms. The smallest absolute Gasteiger partial charge is 0.116 e. The molecule has 17 aromatic carbocycles. The molecule has 0 amide bonds. The Balaban J connectivity index is 0.000000145. The fourth-order valence-electron chi connectivity index (χ4n) is 14.7. The Morgan fingerprint density at radius 1 is 0.135 bits per heavy atom. The lowest BCUT2D eigenvalue weighted by Crippen LogP contribution is -1.92. The van der Waals surface area contributed by atoms with Crippen LogP contribution >= 0.6 is 0 Å². The van der Waals surface area contributed by atoms with E-state index in [1.54, 1.807) is 12.7 Å². The summed E-state index contributed by atoms with van der Waals surface area (Å²) in [6, 6.07) is 122. The predicted octanol–water partition coefficient (Wildman–Crippen LogP) is 24.7. The highest BCUT2D eigenvalue weighted by Gasteiger charge is 2.17. The molecule has 4 heteroatoms. The first kappa shape index (κ1) is 56.0. The van der Waals surface area contributed by atoms with Gasteiger partial charge in [0.1, 0.15) is 12.7 Å². The Morgan fingerprint density at radius 2 is 0.458 bits per heavy atom. The molecule has 0 unspecified atom stereocenters. The molecule has 19 rings (SSSR count).